The molecule has 1 heterocycles. The molecular weight excluding hydrogens is 318 g/mol. The van der Waals surface area contributed by atoms with Crippen molar-refractivity contribution in [2.75, 3.05) is 22.5 Å². The molecule has 2 amide bonds. The van der Waals surface area contributed by atoms with Gasteiger partial charge in [0.15, 0.2) is 0 Å². The number of hydrogen-bond donors (Lipinski definition) is 3. The van der Waals surface area contributed by atoms with Crippen LogP contribution in [-0.4, -0.2) is 28.3 Å². The Bertz CT molecular complexity index is 729. The lowest BCUT2D eigenvalue weighted by Crippen LogP contribution is -2.16. The average Bonchev–Trinajstić information content (AvgIpc) is 2.56. The van der Waals surface area contributed by atoms with Crippen LogP contribution < -0.4 is 16.0 Å². The first-order valence-corrected chi connectivity index (χ1v) is 8.20. The SMILES string of the molecule is CC(=O)Nc1ccc(NC(=O)c2ccnc(NCCC(C)C)n2)cc1. The van der Waals surface area contributed by atoms with Crippen molar-refractivity contribution in [3.63, 3.8) is 0 Å². The topological polar surface area (TPSA) is 96.0 Å². The largest absolute Gasteiger partial charge is 0.354 e. The Kier molecular flexibility index (Phi) is 6.45. The van der Waals surface area contributed by atoms with E-state index in [4.69, 9.17) is 0 Å². The fourth-order valence-electron chi connectivity index (χ4n) is 2.08. The van der Waals surface area contributed by atoms with E-state index in [9.17, 15) is 9.59 Å². The minimum atomic E-state index is -0.318. The summed E-state index contributed by atoms with van der Waals surface area (Å²) in [5, 5.41) is 8.56. The number of nitrogens with one attached hydrogen (secondary N) is 3. The average molecular weight is 341 g/mol. The predicted octanol–water partition coefficient (Wildman–Crippen LogP) is 3.15. The van der Waals surface area contributed by atoms with Gasteiger partial charge in [0.25, 0.3) is 5.91 Å². The van der Waals surface area contributed by atoms with Crippen LogP contribution in [0, 0.1) is 5.92 Å². The summed E-state index contributed by atoms with van der Waals surface area (Å²) in [7, 11) is 0. The van der Waals surface area contributed by atoms with Gasteiger partial charge in [-0.1, -0.05) is 13.8 Å². The molecule has 7 heteroatoms. The molecule has 0 saturated heterocycles. The molecule has 0 radical (unpaired) electrons. The van der Waals surface area contributed by atoms with E-state index in [1.807, 2.05) is 0 Å². The molecule has 0 spiro atoms. The van der Waals surface area contributed by atoms with Crippen molar-refractivity contribution in [2.24, 2.45) is 5.92 Å². The summed E-state index contributed by atoms with van der Waals surface area (Å²) in [4.78, 5) is 31.7. The molecular formula is C18H23N5O2. The van der Waals surface area contributed by atoms with Gasteiger partial charge in [0.1, 0.15) is 5.69 Å². The molecule has 0 unspecified atom stereocenters. The van der Waals surface area contributed by atoms with Crippen molar-refractivity contribution in [3.8, 4) is 0 Å². The second-order valence-corrected chi connectivity index (χ2v) is 6.09. The maximum absolute atomic E-state index is 12.3. The zero-order valence-electron chi connectivity index (χ0n) is 14.7. The van der Waals surface area contributed by atoms with Crippen LogP contribution in [0.5, 0.6) is 0 Å². The van der Waals surface area contributed by atoms with Crippen LogP contribution in [0.1, 0.15) is 37.7 Å². The van der Waals surface area contributed by atoms with Crippen LogP contribution >= 0.6 is 0 Å². The minimum absolute atomic E-state index is 0.143. The van der Waals surface area contributed by atoms with Gasteiger partial charge in [0.05, 0.1) is 0 Å². The number of nitrogens with zero attached hydrogens (tertiary/aromatic N) is 2. The monoisotopic (exact) mass is 341 g/mol. The quantitative estimate of drug-likeness (QED) is 0.719. The Labute approximate surface area is 147 Å². The summed E-state index contributed by atoms with van der Waals surface area (Å²) in [6, 6.07) is 8.43. The molecule has 2 aromatic rings. The number of rotatable bonds is 7. The second kappa shape index (κ2) is 8.77. The van der Waals surface area contributed by atoms with Crippen molar-refractivity contribution < 1.29 is 9.59 Å². The van der Waals surface area contributed by atoms with Crippen molar-refractivity contribution in [1.82, 2.24) is 9.97 Å². The van der Waals surface area contributed by atoms with Crippen molar-refractivity contribution in [1.29, 1.82) is 0 Å². The standard InChI is InChI=1S/C18H23N5O2/c1-12(2)8-10-19-18-20-11-9-16(23-18)17(25)22-15-6-4-14(5-7-15)21-13(3)24/h4-7,9,11-12H,8,10H2,1-3H3,(H,21,24)(H,22,25)(H,19,20,23). The van der Waals surface area contributed by atoms with Gasteiger partial charge in [-0.15, -0.1) is 0 Å². The Balaban J connectivity index is 1.97. The Morgan fingerprint density at radius 1 is 1.04 bits per heavy atom. The maximum Gasteiger partial charge on any atom is 0.274 e. The lowest BCUT2D eigenvalue weighted by atomic mass is 10.1. The third kappa shape index (κ3) is 6.21. The fraction of sp³-hybridized carbons (Fsp3) is 0.333. The van der Waals surface area contributed by atoms with Crippen LogP contribution in [-0.2, 0) is 4.79 Å². The van der Waals surface area contributed by atoms with Crippen molar-refractivity contribution in [3.05, 3.63) is 42.2 Å². The summed E-state index contributed by atoms with van der Waals surface area (Å²) in [5.74, 6) is 0.561. The number of hydrogen-bond acceptors (Lipinski definition) is 5. The van der Waals surface area contributed by atoms with Gasteiger partial charge in [-0.05, 0) is 42.7 Å². The van der Waals surface area contributed by atoms with E-state index in [2.05, 4.69) is 39.8 Å². The molecule has 0 atom stereocenters. The number of anilines is 3. The highest BCUT2D eigenvalue weighted by atomic mass is 16.2. The van der Waals surface area contributed by atoms with Crippen LogP contribution in [0.15, 0.2) is 36.5 Å². The molecule has 1 aromatic carbocycles. The Hall–Kier alpha value is -2.96. The summed E-state index contributed by atoms with van der Waals surface area (Å²) >= 11 is 0. The van der Waals surface area contributed by atoms with Crippen LogP contribution in [0.2, 0.25) is 0 Å². The summed E-state index contributed by atoms with van der Waals surface area (Å²) < 4.78 is 0. The number of carbonyl (C=O) groups excluding carboxylic acids is 2. The zero-order valence-corrected chi connectivity index (χ0v) is 14.7. The Morgan fingerprint density at radius 3 is 2.28 bits per heavy atom. The third-order valence-corrected chi connectivity index (χ3v) is 3.36. The second-order valence-electron chi connectivity index (χ2n) is 6.09. The van der Waals surface area contributed by atoms with Gasteiger partial charge in [0.2, 0.25) is 11.9 Å². The molecule has 0 fully saturated rings. The normalized spacial score (nSPS) is 10.4. The van der Waals surface area contributed by atoms with Gasteiger partial charge in [-0.3, -0.25) is 9.59 Å². The molecule has 7 nitrogen and oxygen atoms in total. The van der Waals surface area contributed by atoms with E-state index < -0.39 is 0 Å². The summed E-state index contributed by atoms with van der Waals surface area (Å²) in [6.07, 6.45) is 2.56. The molecule has 0 aliphatic heterocycles. The molecule has 25 heavy (non-hydrogen) atoms. The Morgan fingerprint density at radius 2 is 1.68 bits per heavy atom. The summed E-state index contributed by atoms with van der Waals surface area (Å²) in [5.41, 5.74) is 1.57. The molecule has 132 valence electrons. The van der Waals surface area contributed by atoms with Gasteiger partial charge in [-0.25, -0.2) is 9.97 Å². The highest BCUT2D eigenvalue weighted by molar-refractivity contribution is 6.03. The number of amides is 2. The molecule has 0 aliphatic carbocycles. The van der Waals surface area contributed by atoms with E-state index in [1.165, 1.54) is 6.92 Å². The van der Waals surface area contributed by atoms with Gasteiger partial charge >= 0.3 is 0 Å². The van der Waals surface area contributed by atoms with Crippen LogP contribution in [0.4, 0.5) is 17.3 Å². The molecule has 0 aliphatic rings. The van der Waals surface area contributed by atoms with Gasteiger partial charge < -0.3 is 16.0 Å². The van der Waals surface area contributed by atoms with E-state index in [0.717, 1.165) is 13.0 Å². The number of carbonyl (C=O) groups is 2. The van der Waals surface area contributed by atoms with Crippen LogP contribution in [0.25, 0.3) is 0 Å². The molecule has 1 aromatic heterocycles. The minimum Gasteiger partial charge on any atom is -0.354 e. The lowest BCUT2D eigenvalue weighted by Gasteiger charge is -2.09. The van der Waals surface area contributed by atoms with Crippen LogP contribution in [0.3, 0.4) is 0 Å². The lowest BCUT2D eigenvalue weighted by molar-refractivity contribution is -0.114. The van der Waals surface area contributed by atoms with E-state index >= 15 is 0 Å². The predicted molar refractivity (Wildman–Crippen MR) is 98.7 cm³/mol. The molecule has 0 bridgehead atoms. The zero-order chi connectivity index (χ0) is 18.2. The molecule has 0 saturated carbocycles. The maximum atomic E-state index is 12.3. The molecule has 3 N–H and O–H groups in total. The van der Waals surface area contributed by atoms with Crippen molar-refractivity contribution in [2.45, 2.75) is 27.2 Å². The third-order valence-electron chi connectivity index (χ3n) is 3.36. The first kappa shape index (κ1) is 18.4. The highest BCUT2D eigenvalue weighted by Gasteiger charge is 2.09. The fourth-order valence-corrected chi connectivity index (χ4v) is 2.08. The van der Waals surface area contributed by atoms with E-state index in [-0.39, 0.29) is 17.5 Å². The number of aromatic nitrogens is 2. The molecule has 2 rings (SSSR count). The first-order chi connectivity index (χ1) is 11.9. The van der Waals surface area contributed by atoms with Gasteiger partial charge in [0, 0.05) is 31.0 Å². The van der Waals surface area contributed by atoms with Gasteiger partial charge in [-0.2, -0.15) is 0 Å². The smallest absolute Gasteiger partial charge is 0.274 e. The van der Waals surface area contributed by atoms with E-state index in [1.54, 1.807) is 36.5 Å². The van der Waals surface area contributed by atoms with Crippen molar-refractivity contribution >= 4 is 29.1 Å². The highest BCUT2D eigenvalue weighted by Crippen LogP contribution is 2.14. The summed E-state index contributed by atoms with van der Waals surface area (Å²) in [6.45, 7) is 6.48. The first-order valence-electron chi connectivity index (χ1n) is 8.20. The number of benzene rings is 1. The van der Waals surface area contributed by atoms with E-state index in [0.29, 0.717) is 23.2 Å².